The fourth-order valence-electron chi connectivity index (χ4n) is 20.7. The van der Waals surface area contributed by atoms with E-state index in [1.807, 2.05) is 0 Å². The molecule has 14 aliphatic rings. The van der Waals surface area contributed by atoms with Crippen LogP contribution in [0.15, 0.2) is 24.3 Å². The first-order valence-corrected chi connectivity index (χ1v) is 26.8. The number of carbonyl (C=O) groups excluding carboxylic acids is 4. The van der Waals surface area contributed by atoms with Gasteiger partial charge in [-0.3, -0.25) is 19.2 Å². The van der Waals surface area contributed by atoms with Gasteiger partial charge in [-0.05, 0) is 222 Å². The van der Waals surface area contributed by atoms with Crippen LogP contribution in [-0.2, 0) is 19.2 Å². The lowest BCUT2D eigenvalue weighted by Gasteiger charge is -2.59. The highest BCUT2D eigenvalue weighted by atomic mass is 16.2. The SMILES string of the molecule is C[C@]12C=CC(=O)NC1CC[C@@H]1[C@H]2CC[C@]2(C)C(C(=O)NC3C4CC5CC(C4)CC3C5)CC[C@@H]12.C[C@]12C=CC(=O)NC1CC[C@@H]1[C@H]2CC[C@]2(C)C(C(=O)NC3CC4CCC3C4)CC[C@@H]12. The molecule has 2 heterocycles. The lowest BCUT2D eigenvalue weighted by Crippen LogP contribution is -2.60. The summed E-state index contributed by atoms with van der Waals surface area (Å²) in [5.41, 5.74) is 0.482. The summed E-state index contributed by atoms with van der Waals surface area (Å²) in [5, 5.41) is 13.8. The Morgan fingerprint density at radius 2 is 1.00 bits per heavy atom. The fourth-order valence-corrected chi connectivity index (χ4v) is 20.7. The third-order valence-electron chi connectivity index (χ3n) is 23.6. The monoisotopic (exact) mass is 861 g/mol. The van der Waals surface area contributed by atoms with E-state index in [9.17, 15) is 19.2 Å². The van der Waals surface area contributed by atoms with Crippen LogP contribution in [0.3, 0.4) is 0 Å². The van der Waals surface area contributed by atoms with Gasteiger partial charge in [0.15, 0.2) is 0 Å². The lowest BCUT2D eigenvalue weighted by atomic mass is 9.48. The minimum absolute atomic E-state index is 0.0785. The standard InChI is InChI=1S/C29H42N2O2.C26H38N2O2/c1-28-9-7-22-20(3-6-24-29(22,2)10-8-25(32)30-24)21(28)4-5-23(28)27(33)31-26-18-12-16-11-17(14-18)15-19(26)13-16;1-25-11-9-19-17(5-8-22-26(19,2)12-10-23(29)28-22)18(25)6-7-20(25)24(30)27-21-14-15-3-4-16(21)13-15/h8,10,16-24,26H,3-7,9,11-15H2,1-2H3,(H,30,32)(H,31,33);10,12,15-22H,3-9,11,13-14H2,1-2H3,(H,27,30)(H,28,29)/t16?,17?,18?,19?,20-,21-,22+,23?,24?,26?,28-,29+;15?,16?,17-,18-,19+,20?,21?,22?,25-,26+/m00/s1. The molecule has 6 bridgehead atoms. The van der Waals surface area contributed by atoms with Crippen molar-refractivity contribution in [2.75, 3.05) is 0 Å². The Kier molecular flexibility index (Phi) is 9.90. The summed E-state index contributed by atoms with van der Waals surface area (Å²) in [4.78, 5) is 51.2. The molecule has 0 radical (unpaired) electrons. The van der Waals surface area contributed by atoms with E-state index < -0.39 is 0 Å². The molecule has 7 unspecified atom stereocenters. The Balaban J connectivity index is 0.000000134. The van der Waals surface area contributed by atoms with Crippen LogP contribution >= 0.6 is 0 Å². The highest BCUT2D eigenvalue weighted by Crippen LogP contribution is 2.67. The summed E-state index contributed by atoms with van der Waals surface area (Å²) in [5.74, 6) is 10.4. The predicted molar refractivity (Wildman–Crippen MR) is 244 cm³/mol. The van der Waals surface area contributed by atoms with E-state index in [1.54, 1.807) is 12.2 Å². The summed E-state index contributed by atoms with van der Waals surface area (Å²) in [6, 6.07) is 1.51. The van der Waals surface area contributed by atoms with E-state index in [-0.39, 0.29) is 51.4 Å². The van der Waals surface area contributed by atoms with Crippen molar-refractivity contribution in [1.82, 2.24) is 21.3 Å². The van der Waals surface area contributed by atoms with Crippen molar-refractivity contribution in [3.05, 3.63) is 24.3 Å². The summed E-state index contributed by atoms with van der Waals surface area (Å²) >= 11 is 0. The van der Waals surface area contributed by atoms with Crippen LogP contribution in [0, 0.1) is 105 Å². The first-order chi connectivity index (χ1) is 30.2. The van der Waals surface area contributed by atoms with Crippen LogP contribution in [0.1, 0.15) is 163 Å². The van der Waals surface area contributed by atoms with E-state index in [4.69, 9.17) is 0 Å². The molecule has 2 aliphatic heterocycles. The minimum Gasteiger partial charge on any atom is -0.353 e. The highest BCUT2D eigenvalue weighted by molar-refractivity contribution is 5.89. The van der Waals surface area contributed by atoms with Crippen molar-refractivity contribution < 1.29 is 19.2 Å². The van der Waals surface area contributed by atoms with Gasteiger partial charge in [-0.1, -0.05) is 46.3 Å². The Hall–Kier alpha value is -2.64. The number of hydrogen-bond acceptors (Lipinski definition) is 4. The topological polar surface area (TPSA) is 116 Å². The maximum atomic E-state index is 13.8. The first kappa shape index (κ1) is 41.8. The van der Waals surface area contributed by atoms with Crippen molar-refractivity contribution >= 4 is 23.6 Å². The molecular weight excluding hydrogens is 781 g/mol. The van der Waals surface area contributed by atoms with E-state index >= 15 is 0 Å². The van der Waals surface area contributed by atoms with Gasteiger partial charge in [0.1, 0.15) is 0 Å². The van der Waals surface area contributed by atoms with Gasteiger partial charge in [-0.15, -0.1) is 0 Å². The van der Waals surface area contributed by atoms with Crippen LogP contribution in [-0.4, -0.2) is 47.8 Å². The molecule has 12 saturated carbocycles. The number of hydrogen-bond donors (Lipinski definition) is 4. The normalized spacial score (nSPS) is 54.9. The zero-order chi connectivity index (χ0) is 43.2. The van der Waals surface area contributed by atoms with Crippen LogP contribution in [0.4, 0.5) is 0 Å². The minimum atomic E-state index is 0.0785. The molecule has 12 fully saturated rings. The van der Waals surface area contributed by atoms with Crippen molar-refractivity contribution in [3.8, 4) is 0 Å². The largest absolute Gasteiger partial charge is 0.353 e. The van der Waals surface area contributed by atoms with Crippen molar-refractivity contribution in [1.29, 1.82) is 0 Å². The van der Waals surface area contributed by atoms with Gasteiger partial charge in [0, 0.05) is 46.8 Å². The molecular formula is C55H80N4O4. The molecule has 0 aromatic heterocycles. The molecule has 17 atom stereocenters. The molecule has 0 aromatic carbocycles. The van der Waals surface area contributed by atoms with Crippen LogP contribution in [0.25, 0.3) is 0 Å². The molecule has 0 spiro atoms. The van der Waals surface area contributed by atoms with Gasteiger partial charge in [0.25, 0.3) is 0 Å². The van der Waals surface area contributed by atoms with Crippen molar-refractivity contribution in [2.45, 2.75) is 187 Å². The molecule has 4 N–H and O–H groups in total. The molecule has 0 aromatic rings. The fraction of sp³-hybridized carbons (Fsp3) is 0.855. The van der Waals surface area contributed by atoms with E-state index in [0.717, 1.165) is 67.6 Å². The van der Waals surface area contributed by atoms with Crippen LogP contribution in [0.5, 0.6) is 0 Å². The number of fused-ring (bicyclic) bond motifs is 12. The third kappa shape index (κ3) is 6.42. The van der Waals surface area contributed by atoms with Crippen LogP contribution in [0.2, 0.25) is 0 Å². The second-order valence-electron chi connectivity index (χ2n) is 26.0. The second-order valence-corrected chi connectivity index (χ2v) is 26.0. The molecule has 344 valence electrons. The Bertz CT molecular complexity index is 1930. The van der Waals surface area contributed by atoms with Crippen LogP contribution < -0.4 is 21.3 Å². The van der Waals surface area contributed by atoms with Gasteiger partial charge in [0.2, 0.25) is 23.6 Å². The summed E-state index contributed by atoms with van der Waals surface area (Å²) in [7, 11) is 0. The average molecular weight is 861 g/mol. The summed E-state index contributed by atoms with van der Waals surface area (Å²) in [6.07, 6.45) is 34.2. The van der Waals surface area contributed by atoms with Gasteiger partial charge >= 0.3 is 0 Å². The van der Waals surface area contributed by atoms with E-state index in [0.29, 0.717) is 65.4 Å². The Morgan fingerprint density at radius 1 is 0.508 bits per heavy atom. The first-order valence-electron chi connectivity index (χ1n) is 26.8. The number of amides is 4. The maximum Gasteiger partial charge on any atom is 0.243 e. The molecule has 8 heteroatoms. The molecule has 4 amide bonds. The second kappa shape index (κ2) is 14.9. The maximum absolute atomic E-state index is 13.8. The number of carbonyl (C=O) groups is 4. The number of rotatable bonds is 4. The van der Waals surface area contributed by atoms with Gasteiger partial charge in [0.05, 0.1) is 0 Å². The molecule has 63 heavy (non-hydrogen) atoms. The lowest BCUT2D eigenvalue weighted by molar-refractivity contribution is -0.137. The average Bonchev–Trinajstić information content (AvgIpc) is 4.05. The predicted octanol–water partition coefficient (Wildman–Crippen LogP) is 9.05. The highest BCUT2D eigenvalue weighted by Gasteiger charge is 2.63. The smallest absolute Gasteiger partial charge is 0.243 e. The summed E-state index contributed by atoms with van der Waals surface area (Å²) in [6.45, 7) is 9.67. The molecule has 14 rings (SSSR count). The molecule has 0 saturated heterocycles. The molecule has 12 aliphatic carbocycles. The third-order valence-corrected chi connectivity index (χ3v) is 23.6. The molecule has 8 nitrogen and oxygen atoms in total. The van der Waals surface area contributed by atoms with Crippen molar-refractivity contribution in [2.24, 2.45) is 105 Å². The zero-order valence-corrected chi connectivity index (χ0v) is 39.2. The van der Waals surface area contributed by atoms with Crippen molar-refractivity contribution in [3.63, 3.8) is 0 Å². The number of nitrogens with one attached hydrogen (secondary N) is 4. The zero-order valence-electron chi connectivity index (χ0n) is 39.2. The van der Waals surface area contributed by atoms with E-state index in [1.165, 1.54) is 103 Å². The Labute approximate surface area is 378 Å². The Morgan fingerprint density at radius 3 is 1.48 bits per heavy atom. The van der Waals surface area contributed by atoms with Gasteiger partial charge in [-0.2, -0.15) is 0 Å². The quantitative estimate of drug-likeness (QED) is 0.226. The van der Waals surface area contributed by atoms with E-state index in [2.05, 4.69) is 61.1 Å². The van der Waals surface area contributed by atoms with Gasteiger partial charge in [-0.25, -0.2) is 0 Å². The van der Waals surface area contributed by atoms with Gasteiger partial charge < -0.3 is 21.3 Å². The summed E-state index contributed by atoms with van der Waals surface area (Å²) < 4.78 is 0.